The Bertz CT molecular complexity index is 1510. The molecule has 2 amide bonds. The molecule has 0 saturated carbocycles. The third-order valence-electron chi connectivity index (χ3n) is 6.49. The van der Waals surface area contributed by atoms with Crippen molar-refractivity contribution in [1.82, 2.24) is 20.8 Å². The van der Waals surface area contributed by atoms with Crippen LogP contribution in [0.2, 0.25) is 0 Å². The van der Waals surface area contributed by atoms with Crippen molar-refractivity contribution in [2.75, 3.05) is 11.8 Å². The summed E-state index contributed by atoms with van der Waals surface area (Å²) >= 11 is 12.3. The number of nitrogens with zero attached hydrogens (tertiary/aromatic N) is 2. The number of halogens is 2. The summed E-state index contributed by atoms with van der Waals surface area (Å²) in [5, 5.41) is 14.3. The van der Waals surface area contributed by atoms with Crippen LogP contribution >= 0.6 is 23.2 Å². The van der Waals surface area contributed by atoms with Gasteiger partial charge in [0.25, 0.3) is 11.8 Å². The molecule has 7 nitrogen and oxygen atoms in total. The van der Waals surface area contributed by atoms with E-state index in [1.54, 1.807) is 48.5 Å². The van der Waals surface area contributed by atoms with Crippen molar-refractivity contribution in [3.05, 3.63) is 131 Å². The molecule has 0 aliphatic rings. The minimum Gasteiger partial charge on any atom is -0.416 e. The van der Waals surface area contributed by atoms with Gasteiger partial charge in [0.15, 0.2) is 0 Å². The molecule has 41 heavy (non-hydrogen) atoms. The molecule has 0 unspecified atom stereocenters. The summed E-state index contributed by atoms with van der Waals surface area (Å²) in [7, 11) is 0. The zero-order valence-corrected chi connectivity index (χ0v) is 23.3. The van der Waals surface area contributed by atoms with Crippen LogP contribution in [0.15, 0.2) is 114 Å². The van der Waals surface area contributed by atoms with Crippen molar-refractivity contribution in [3.8, 4) is 22.9 Å². The van der Waals surface area contributed by atoms with Crippen LogP contribution in [0.3, 0.4) is 0 Å². The maximum atomic E-state index is 13.0. The van der Waals surface area contributed by atoms with Crippen LogP contribution in [0.25, 0.3) is 22.9 Å². The molecular weight excluding hydrogens is 559 g/mol. The number of carbonyl (C=O) groups excluding carboxylic acids is 2. The van der Waals surface area contributed by atoms with Gasteiger partial charge in [0.1, 0.15) is 0 Å². The fourth-order valence-electron chi connectivity index (χ4n) is 4.32. The Morgan fingerprint density at radius 1 is 0.610 bits per heavy atom. The van der Waals surface area contributed by atoms with E-state index in [-0.39, 0.29) is 47.4 Å². The number of amides is 2. The highest BCUT2D eigenvalue weighted by Gasteiger charge is 2.19. The maximum absolute atomic E-state index is 13.0. The average molecular weight is 585 g/mol. The number of hydrogen-bond acceptors (Lipinski definition) is 5. The zero-order valence-electron chi connectivity index (χ0n) is 21.8. The first kappa shape index (κ1) is 28.1. The standard InChI is InChI=1S/C32H26Cl2N4O3/c33-19-27(21-9-3-1-4-10-21)35-29(39)23-13-7-15-25(17-23)31-37-38-32(41-31)26-16-8-14-24(18-26)30(40)36-28(20-34)22-11-5-2-6-12-22/h1-18,27-28H,19-20H2,(H,35,39)(H,36,40)/t27-,28-/m1/s1. The predicted octanol–water partition coefficient (Wildman–Crippen LogP) is 6.82. The molecule has 5 rings (SSSR count). The first-order chi connectivity index (χ1) is 20.1. The minimum atomic E-state index is -0.332. The van der Waals surface area contributed by atoms with E-state index >= 15 is 0 Å². The van der Waals surface area contributed by atoms with Gasteiger partial charge in [-0.2, -0.15) is 0 Å². The lowest BCUT2D eigenvalue weighted by atomic mass is 10.1. The lowest BCUT2D eigenvalue weighted by Gasteiger charge is -2.16. The molecule has 0 bridgehead atoms. The van der Waals surface area contributed by atoms with Crippen LogP contribution < -0.4 is 10.6 Å². The number of rotatable bonds is 10. The van der Waals surface area contributed by atoms with Crippen molar-refractivity contribution in [2.24, 2.45) is 0 Å². The smallest absolute Gasteiger partial charge is 0.251 e. The molecule has 0 saturated heterocycles. The largest absolute Gasteiger partial charge is 0.416 e. The molecule has 1 aromatic heterocycles. The molecule has 2 N–H and O–H groups in total. The van der Waals surface area contributed by atoms with Gasteiger partial charge < -0.3 is 15.1 Å². The molecule has 4 aromatic carbocycles. The van der Waals surface area contributed by atoms with Gasteiger partial charge in [0.05, 0.1) is 12.1 Å². The number of carbonyl (C=O) groups is 2. The van der Waals surface area contributed by atoms with Crippen molar-refractivity contribution < 1.29 is 14.0 Å². The first-order valence-corrected chi connectivity index (χ1v) is 14.0. The van der Waals surface area contributed by atoms with Gasteiger partial charge >= 0.3 is 0 Å². The highest BCUT2D eigenvalue weighted by Crippen LogP contribution is 2.26. The topological polar surface area (TPSA) is 97.1 Å². The summed E-state index contributed by atoms with van der Waals surface area (Å²) in [6.07, 6.45) is 0. The van der Waals surface area contributed by atoms with Crippen molar-refractivity contribution in [2.45, 2.75) is 12.1 Å². The number of alkyl halides is 2. The van der Waals surface area contributed by atoms with Crippen LogP contribution in [0.5, 0.6) is 0 Å². The summed E-state index contributed by atoms with van der Waals surface area (Å²) in [5.41, 5.74) is 3.87. The summed E-state index contributed by atoms with van der Waals surface area (Å²) in [6.45, 7) is 0. The summed E-state index contributed by atoms with van der Waals surface area (Å²) in [4.78, 5) is 26.0. The molecule has 206 valence electrons. The summed E-state index contributed by atoms with van der Waals surface area (Å²) < 4.78 is 5.94. The third kappa shape index (κ3) is 6.82. The molecule has 5 aromatic rings. The SMILES string of the molecule is O=C(N[C@H](CCl)c1ccccc1)c1cccc(-c2nnc(-c3cccc(C(=O)N[C@H](CCl)c4ccccc4)c3)o2)c1. The van der Waals surface area contributed by atoms with E-state index in [2.05, 4.69) is 20.8 Å². The number of hydrogen-bond donors (Lipinski definition) is 2. The Morgan fingerprint density at radius 2 is 1.02 bits per heavy atom. The zero-order chi connectivity index (χ0) is 28.6. The van der Waals surface area contributed by atoms with E-state index in [9.17, 15) is 9.59 Å². The van der Waals surface area contributed by atoms with Gasteiger partial charge in [-0.05, 0) is 47.5 Å². The van der Waals surface area contributed by atoms with Crippen LogP contribution in [0.1, 0.15) is 43.9 Å². The van der Waals surface area contributed by atoms with Crippen molar-refractivity contribution >= 4 is 35.0 Å². The molecule has 0 aliphatic carbocycles. The predicted molar refractivity (Wildman–Crippen MR) is 160 cm³/mol. The second-order valence-electron chi connectivity index (χ2n) is 9.26. The quantitative estimate of drug-likeness (QED) is 0.175. The van der Waals surface area contributed by atoms with E-state index in [0.717, 1.165) is 11.1 Å². The van der Waals surface area contributed by atoms with E-state index in [1.807, 2.05) is 60.7 Å². The Balaban J connectivity index is 1.31. The van der Waals surface area contributed by atoms with Gasteiger partial charge in [0.2, 0.25) is 11.8 Å². The van der Waals surface area contributed by atoms with Crippen LogP contribution in [-0.2, 0) is 0 Å². The van der Waals surface area contributed by atoms with E-state index < -0.39 is 0 Å². The monoisotopic (exact) mass is 584 g/mol. The van der Waals surface area contributed by atoms with Crippen molar-refractivity contribution in [1.29, 1.82) is 0 Å². The summed E-state index contributed by atoms with van der Waals surface area (Å²) in [5.74, 6) is 0.410. The number of nitrogens with one attached hydrogen (secondary N) is 2. The third-order valence-corrected chi connectivity index (χ3v) is 7.11. The number of benzene rings is 4. The van der Waals surface area contributed by atoms with Gasteiger partial charge in [-0.3, -0.25) is 9.59 Å². The lowest BCUT2D eigenvalue weighted by Crippen LogP contribution is -2.29. The normalized spacial score (nSPS) is 12.3. The highest BCUT2D eigenvalue weighted by atomic mass is 35.5. The minimum absolute atomic E-state index is 0.234. The molecular formula is C32H26Cl2N4O3. The second kappa shape index (κ2) is 13.3. The first-order valence-electron chi connectivity index (χ1n) is 12.9. The highest BCUT2D eigenvalue weighted by molar-refractivity contribution is 6.18. The number of aromatic nitrogens is 2. The summed E-state index contributed by atoms with van der Waals surface area (Å²) in [6, 6.07) is 32.3. The molecule has 0 radical (unpaired) electrons. The molecule has 0 aliphatic heterocycles. The Hall–Kier alpha value is -4.46. The van der Waals surface area contributed by atoms with Crippen LogP contribution in [-0.4, -0.2) is 33.8 Å². The maximum Gasteiger partial charge on any atom is 0.251 e. The van der Waals surface area contributed by atoms with Crippen LogP contribution in [0.4, 0.5) is 0 Å². The Kier molecular flexibility index (Phi) is 9.08. The van der Waals surface area contributed by atoms with Crippen LogP contribution in [0, 0.1) is 0 Å². The van der Waals surface area contributed by atoms with Gasteiger partial charge in [-0.1, -0.05) is 72.8 Å². The molecule has 9 heteroatoms. The molecule has 0 fully saturated rings. The molecule has 0 spiro atoms. The Morgan fingerprint density at radius 3 is 1.41 bits per heavy atom. The van der Waals surface area contributed by atoms with Gasteiger partial charge in [-0.15, -0.1) is 33.4 Å². The second-order valence-corrected chi connectivity index (χ2v) is 9.87. The molecule has 1 heterocycles. The van der Waals surface area contributed by atoms with E-state index in [1.165, 1.54) is 0 Å². The van der Waals surface area contributed by atoms with Gasteiger partial charge in [0, 0.05) is 34.0 Å². The Labute approximate surface area is 247 Å². The van der Waals surface area contributed by atoms with E-state index in [4.69, 9.17) is 27.6 Å². The van der Waals surface area contributed by atoms with Gasteiger partial charge in [-0.25, -0.2) is 0 Å². The van der Waals surface area contributed by atoms with E-state index in [0.29, 0.717) is 22.3 Å². The fourth-order valence-corrected chi connectivity index (χ4v) is 4.83. The fraction of sp³-hybridized carbons (Fsp3) is 0.125. The average Bonchev–Trinajstić information content (AvgIpc) is 3.54. The lowest BCUT2D eigenvalue weighted by molar-refractivity contribution is 0.0932. The molecule has 2 atom stereocenters. The van der Waals surface area contributed by atoms with Crippen molar-refractivity contribution in [3.63, 3.8) is 0 Å².